The van der Waals surface area contributed by atoms with Crippen LogP contribution in [0.25, 0.3) is 22.3 Å². The first-order valence-electron chi connectivity index (χ1n) is 9.18. The molecule has 0 atom stereocenters. The zero-order valence-electron chi connectivity index (χ0n) is 16.2. The van der Waals surface area contributed by atoms with E-state index in [9.17, 15) is 0 Å². The summed E-state index contributed by atoms with van der Waals surface area (Å²) in [6.45, 7) is 3.25. The average Bonchev–Trinajstić information content (AvgIpc) is 3.17. The van der Waals surface area contributed by atoms with E-state index >= 15 is 0 Å². The molecule has 0 aliphatic rings. The van der Waals surface area contributed by atoms with E-state index in [0.29, 0.717) is 23.9 Å². The highest BCUT2D eigenvalue weighted by Gasteiger charge is 2.16. The van der Waals surface area contributed by atoms with Crippen LogP contribution in [0.3, 0.4) is 0 Å². The van der Waals surface area contributed by atoms with Crippen LogP contribution in [0.1, 0.15) is 11.3 Å². The number of benzene rings is 1. The van der Waals surface area contributed by atoms with Crippen LogP contribution in [-0.2, 0) is 17.0 Å². The number of halogens is 1. The van der Waals surface area contributed by atoms with Crippen LogP contribution in [0.2, 0.25) is 5.02 Å². The molecule has 0 N–H and O–H groups in total. The predicted molar refractivity (Wildman–Crippen MR) is 116 cm³/mol. The SMILES string of the molecule is COCCn1c(SCc2nc3ccccc3c(C)c2Cl)nnc1-c1ccncc1. The highest BCUT2D eigenvalue weighted by molar-refractivity contribution is 7.98. The van der Waals surface area contributed by atoms with Gasteiger partial charge in [-0.2, -0.15) is 0 Å². The second kappa shape index (κ2) is 8.90. The van der Waals surface area contributed by atoms with Crippen LogP contribution in [-0.4, -0.2) is 38.4 Å². The van der Waals surface area contributed by atoms with Crippen molar-refractivity contribution in [3.63, 3.8) is 0 Å². The zero-order valence-corrected chi connectivity index (χ0v) is 17.7. The van der Waals surface area contributed by atoms with Gasteiger partial charge in [0.25, 0.3) is 0 Å². The fourth-order valence-corrected chi connectivity index (χ4v) is 4.34. The molecule has 4 rings (SSSR count). The lowest BCUT2D eigenvalue weighted by Crippen LogP contribution is -2.07. The van der Waals surface area contributed by atoms with Gasteiger partial charge >= 0.3 is 0 Å². The molecule has 0 bridgehead atoms. The van der Waals surface area contributed by atoms with Crippen molar-refractivity contribution >= 4 is 34.3 Å². The molecule has 3 aromatic heterocycles. The molecule has 3 heterocycles. The Morgan fingerprint density at radius 2 is 1.90 bits per heavy atom. The number of para-hydroxylation sites is 1. The maximum atomic E-state index is 6.62. The Morgan fingerprint density at radius 3 is 2.69 bits per heavy atom. The third-order valence-corrected chi connectivity index (χ3v) is 6.14. The fraction of sp³-hybridized carbons (Fsp3) is 0.238. The lowest BCUT2D eigenvalue weighted by Gasteiger charge is -2.11. The summed E-state index contributed by atoms with van der Waals surface area (Å²) in [6, 6.07) is 11.9. The summed E-state index contributed by atoms with van der Waals surface area (Å²) >= 11 is 8.19. The number of ether oxygens (including phenoxy) is 1. The molecule has 0 unspecified atom stereocenters. The summed E-state index contributed by atoms with van der Waals surface area (Å²) in [7, 11) is 1.69. The van der Waals surface area contributed by atoms with Gasteiger partial charge in [0, 0.05) is 36.2 Å². The first kappa shape index (κ1) is 19.8. The van der Waals surface area contributed by atoms with Gasteiger partial charge in [-0.15, -0.1) is 10.2 Å². The van der Waals surface area contributed by atoms with Gasteiger partial charge < -0.3 is 4.74 Å². The van der Waals surface area contributed by atoms with Crippen molar-refractivity contribution in [3.8, 4) is 11.4 Å². The highest BCUT2D eigenvalue weighted by Crippen LogP contribution is 2.32. The molecular weight excluding hydrogens is 406 g/mol. The summed E-state index contributed by atoms with van der Waals surface area (Å²) in [6.07, 6.45) is 3.50. The number of aryl methyl sites for hydroxylation is 1. The number of hydrogen-bond acceptors (Lipinski definition) is 6. The summed E-state index contributed by atoms with van der Waals surface area (Å²) in [5, 5.41) is 11.4. The van der Waals surface area contributed by atoms with Gasteiger partial charge in [-0.3, -0.25) is 14.5 Å². The maximum absolute atomic E-state index is 6.62. The Kier molecular flexibility index (Phi) is 6.08. The van der Waals surface area contributed by atoms with E-state index in [4.69, 9.17) is 21.3 Å². The molecule has 0 saturated carbocycles. The van der Waals surface area contributed by atoms with Crippen LogP contribution in [0.5, 0.6) is 0 Å². The Morgan fingerprint density at radius 1 is 1.10 bits per heavy atom. The molecule has 0 fully saturated rings. The summed E-state index contributed by atoms with van der Waals surface area (Å²) in [5.74, 6) is 1.40. The van der Waals surface area contributed by atoms with E-state index in [1.165, 1.54) is 0 Å². The van der Waals surface area contributed by atoms with E-state index < -0.39 is 0 Å². The molecular formula is C21H20ClN5OS. The van der Waals surface area contributed by atoms with Crippen molar-refractivity contribution in [2.75, 3.05) is 13.7 Å². The van der Waals surface area contributed by atoms with Crippen molar-refractivity contribution in [3.05, 3.63) is 65.1 Å². The molecule has 1 aromatic carbocycles. The third-order valence-electron chi connectivity index (χ3n) is 4.66. The maximum Gasteiger partial charge on any atom is 0.191 e. The fourth-order valence-electron chi connectivity index (χ4n) is 3.14. The first-order chi connectivity index (χ1) is 14.2. The van der Waals surface area contributed by atoms with Gasteiger partial charge in [0.05, 0.1) is 29.4 Å². The summed E-state index contributed by atoms with van der Waals surface area (Å²) in [4.78, 5) is 8.84. The number of hydrogen-bond donors (Lipinski definition) is 0. The van der Waals surface area contributed by atoms with Gasteiger partial charge in [0.1, 0.15) is 0 Å². The molecule has 148 valence electrons. The van der Waals surface area contributed by atoms with Gasteiger partial charge in [0.15, 0.2) is 11.0 Å². The average molecular weight is 426 g/mol. The van der Waals surface area contributed by atoms with Crippen LogP contribution in [0.4, 0.5) is 0 Å². The van der Waals surface area contributed by atoms with Gasteiger partial charge in [-0.25, -0.2) is 0 Å². The lowest BCUT2D eigenvalue weighted by molar-refractivity contribution is 0.185. The minimum atomic E-state index is 0.567. The molecule has 0 amide bonds. The quantitative estimate of drug-likeness (QED) is 0.396. The van der Waals surface area contributed by atoms with Gasteiger partial charge in [-0.1, -0.05) is 41.6 Å². The second-order valence-electron chi connectivity index (χ2n) is 6.49. The number of fused-ring (bicyclic) bond motifs is 1. The van der Waals surface area contributed by atoms with Crippen molar-refractivity contribution in [2.45, 2.75) is 24.4 Å². The summed E-state index contributed by atoms with van der Waals surface area (Å²) < 4.78 is 7.34. The predicted octanol–water partition coefficient (Wildman–Crippen LogP) is 4.79. The van der Waals surface area contributed by atoms with Crippen molar-refractivity contribution in [1.29, 1.82) is 0 Å². The Balaban J connectivity index is 1.64. The monoisotopic (exact) mass is 425 g/mol. The standard InChI is InChI=1S/C21H20ClN5OS/c1-14-16-5-3-4-6-17(16)24-18(19(14)22)13-29-21-26-25-20(27(21)11-12-28-2)15-7-9-23-10-8-15/h3-10H,11-13H2,1-2H3. The molecule has 0 saturated heterocycles. The van der Waals surface area contributed by atoms with Crippen molar-refractivity contribution < 1.29 is 4.74 Å². The second-order valence-corrected chi connectivity index (χ2v) is 7.81. The smallest absolute Gasteiger partial charge is 0.191 e. The number of methoxy groups -OCH3 is 1. The first-order valence-corrected chi connectivity index (χ1v) is 10.5. The zero-order chi connectivity index (χ0) is 20.2. The Labute approximate surface area is 178 Å². The summed E-state index contributed by atoms with van der Waals surface area (Å²) in [5.41, 5.74) is 3.81. The number of thioether (sulfide) groups is 1. The molecule has 8 heteroatoms. The topological polar surface area (TPSA) is 65.7 Å². The number of pyridine rings is 2. The van der Waals surface area contributed by atoms with Crippen LogP contribution < -0.4 is 0 Å². The van der Waals surface area contributed by atoms with Gasteiger partial charge in [0.2, 0.25) is 0 Å². The number of aromatic nitrogens is 5. The molecule has 4 aromatic rings. The third kappa shape index (κ3) is 4.12. The molecule has 0 radical (unpaired) electrons. The van der Waals surface area contributed by atoms with E-state index in [0.717, 1.165) is 38.7 Å². The van der Waals surface area contributed by atoms with Gasteiger partial charge in [-0.05, 0) is 30.7 Å². The molecule has 6 nitrogen and oxygen atoms in total. The molecule has 0 aliphatic carbocycles. The van der Waals surface area contributed by atoms with Crippen LogP contribution in [0.15, 0.2) is 53.9 Å². The molecule has 0 aliphatic heterocycles. The Hall–Kier alpha value is -2.48. The highest BCUT2D eigenvalue weighted by atomic mass is 35.5. The largest absolute Gasteiger partial charge is 0.383 e. The molecule has 0 spiro atoms. The number of nitrogens with zero attached hydrogens (tertiary/aromatic N) is 5. The van der Waals surface area contributed by atoms with Crippen molar-refractivity contribution in [1.82, 2.24) is 24.7 Å². The van der Waals surface area contributed by atoms with E-state index in [-0.39, 0.29) is 0 Å². The molecule has 29 heavy (non-hydrogen) atoms. The Bertz CT molecular complexity index is 1130. The number of rotatable bonds is 7. The lowest BCUT2D eigenvalue weighted by atomic mass is 10.1. The minimum absolute atomic E-state index is 0.567. The normalized spacial score (nSPS) is 11.3. The van der Waals surface area contributed by atoms with Crippen LogP contribution >= 0.6 is 23.4 Å². The van der Waals surface area contributed by atoms with E-state index in [1.54, 1.807) is 31.3 Å². The van der Waals surface area contributed by atoms with E-state index in [2.05, 4.69) is 19.7 Å². The minimum Gasteiger partial charge on any atom is -0.383 e. The van der Waals surface area contributed by atoms with Crippen molar-refractivity contribution in [2.24, 2.45) is 0 Å². The van der Waals surface area contributed by atoms with E-state index in [1.807, 2.05) is 43.3 Å². The van der Waals surface area contributed by atoms with Crippen LogP contribution in [0, 0.1) is 6.92 Å².